The van der Waals surface area contributed by atoms with Gasteiger partial charge in [0.15, 0.2) is 0 Å². The number of nitrogens with one attached hydrogen (secondary N) is 1. The molecular formula is C14H10BrCl2NO. The van der Waals surface area contributed by atoms with Crippen LogP contribution in [0.2, 0.25) is 10.0 Å². The van der Waals surface area contributed by atoms with E-state index in [9.17, 15) is 4.79 Å². The first-order chi connectivity index (χ1) is 8.97. The maximum atomic E-state index is 12.1. The third-order valence-electron chi connectivity index (χ3n) is 2.60. The number of benzene rings is 2. The van der Waals surface area contributed by atoms with Crippen LogP contribution in [0.1, 0.15) is 15.9 Å². The molecule has 0 spiro atoms. The van der Waals surface area contributed by atoms with Crippen molar-refractivity contribution in [2.75, 3.05) is 5.32 Å². The molecule has 0 unspecified atom stereocenters. The highest BCUT2D eigenvalue weighted by atomic mass is 79.9. The zero-order valence-electron chi connectivity index (χ0n) is 10.0. The van der Waals surface area contributed by atoms with Crippen molar-refractivity contribution >= 4 is 50.7 Å². The van der Waals surface area contributed by atoms with Gasteiger partial charge in [0.25, 0.3) is 5.91 Å². The molecule has 0 saturated heterocycles. The normalized spacial score (nSPS) is 10.3. The van der Waals surface area contributed by atoms with Gasteiger partial charge in [0.1, 0.15) is 0 Å². The van der Waals surface area contributed by atoms with Crippen LogP contribution < -0.4 is 5.32 Å². The fourth-order valence-electron chi connectivity index (χ4n) is 1.56. The van der Waals surface area contributed by atoms with E-state index < -0.39 is 0 Å². The molecule has 0 fully saturated rings. The summed E-state index contributed by atoms with van der Waals surface area (Å²) < 4.78 is 0.735. The lowest BCUT2D eigenvalue weighted by molar-refractivity contribution is 0.102. The molecule has 98 valence electrons. The quantitative estimate of drug-likeness (QED) is 0.773. The van der Waals surface area contributed by atoms with Crippen molar-refractivity contribution < 1.29 is 4.79 Å². The number of anilines is 1. The second-order valence-electron chi connectivity index (χ2n) is 4.05. The van der Waals surface area contributed by atoms with Gasteiger partial charge in [0.05, 0.1) is 5.02 Å². The summed E-state index contributed by atoms with van der Waals surface area (Å²) in [7, 11) is 0. The topological polar surface area (TPSA) is 29.1 Å². The first-order valence-corrected chi connectivity index (χ1v) is 7.05. The molecule has 0 aliphatic carbocycles. The van der Waals surface area contributed by atoms with Gasteiger partial charge in [-0.2, -0.15) is 0 Å². The Bertz CT molecular complexity index is 643. The van der Waals surface area contributed by atoms with Gasteiger partial charge < -0.3 is 5.32 Å². The Morgan fingerprint density at radius 3 is 2.42 bits per heavy atom. The van der Waals surface area contributed by atoms with E-state index in [1.165, 1.54) is 0 Å². The molecule has 0 saturated carbocycles. The molecule has 2 rings (SSSR count). The van der Waals surface area contributed by atoms with E-state index in [0.717, 1.165) is 10.0 Å². The van der Waals surface area contributed by atoms with Crippen molar-refractivity contribution in [1.29, 1.82) is 0 Å². The molecule has 0 aromatic heterocycles. The molecule has 5 heteroatoms. The summed E-state index contributed by atoms with van der Waals surface area (Å²) in [6.07, 6.45) is 0. The fourth-order valence-corrected chi connectivity index (χ4v) is 2.18. The number of halogens is 3. The summed E-state index contributed by atoms with van der Waals surface area (Å²) in [5.41, 5.74) is 2.11. The summed E-state index contributed by atoms with van der Waals surface area (Å²) in [6.45, 7) is 1.86. The molecule has 0 radical (unpaired) electrons. The van der Waals surface area contributed by atoms with Gasteiger partial charge >= 0.3 is 0 Å². The van der Waals surface area contributed by atoms with Gasteiger partial charge in [-0.25, -0.2) is 0 Å². The van der Waals surface area contributed by atoms with E-state index in [-0.39, 0.29) is 5.91 Å². The minimum atomic E-state index is -0.186. The van der Waals surface area contributed by atoms with Crippen LogP contribution in [0, 0.1) is 6.92 Å². The van der Waals surface area contributed by atoms with Crippen molar-refractivity contribution in [3.8, 4) is 0 Å². The number of hydrogen-bond donors (Lipinski definition) is 1. The molecule has 1 N–H and O–H groups in total. The maximum Gasteiger partial charge on any atom is 0.255 e. The molecule has 0 atom stereocenters. The van der Waals surface area contributed by atoms with Crippen molar-refractivity contribution in [3.05, 3.63) is 62.0 Å². The third kappa shape index (κ3) is 3.50. The van der Waals surface area contributed by atoms with E-state index >= 15 is 0 Å². The Morgan fingerprint density at radius 2 is 1.79 bits per heavy atom. The van der Waals surface area contributed by atoms with Crippen LogP contribution in [0.5, 0.6) is 0 Å². The molecule has 0 aliphatic rings. The Kier molecular flexibility index (Phi) is 4.50. The first-order valence-electron chi connectivity index (χ1n) is 5.50. The minimum absolute atomic E-state index is 0.186. The molecule has 2 nitrogen and oxygen atoms in total. The monoisotopic (exact) mass is 357 g/mol. The zero-order chi connectivity index (χ0) is 14.0. The van der Waals surface area contributed by atoms with E-state index in [0.29, 0.717) is 21.3 Å². The molecule has 2 aromatic carbocycles. The van der Waals surface area contributed by atoms with Crippen molar-refractivity contribution in [1.82, 2.24) is 0 Å². The standard InChI is InChI=1S/C14H10BrCl2NO/c1-8-6-9(2-4-12(8)16)14(19)18-10-3-5-13(17)11(15)7-10/h2-7H,1H3,(H,18,19). The van der Waals surface area contributed by atoms with Crippen molar-refractivity contribution in [3.63, 3.8) is 0 Å². The Balaban J connectivity index is 2.20. The van der Waals surface area contributed by atoms with E-state index in [1.54, 1.807) is 36.4 Å². The fraction of sp³-hybridized carbons (Fsp3) is 0.0714. The highest BCUT2D eigenvalue weighted by molar-refractivity contribution is 9.10. The molecule has 0 aliphatic heterocycles. The van der Waals surface area contributed by atoms with Gasteiger partial charge in [-0.05, 0) is 64.8 Å². The number of carbonyl (C=O) groups is 1. The molecular weight excluding hydrogens is 349 g/mol. The van der Waals surface area contributed by atoms with Crippen LogP contribution in [0.25, 0.3) is 0 Å². The van der Waals surface area contributed by atoms with Crippen LogP contribution in [0.3, 0.4) is 0 Å². The van der Waals surface area contributed by atoms with Gasteiger partial charge in [-0.15, -0.1) is 0 Å². The summed E-state index contributed by atoms with van der Waals surface area (Å²) >= 11 is 15.1. The number of carbonyl (C=O) groups excluding carboxylic acids is 1. The molecule has 0 bridgehead atoms. The summed E-state index contributed by atoms with van der Waals surface area (Å²) in [4.78, 5) is 12.1. The van der Waals surface area contributed by atoms with Gasteiger partial charge in [0, 0.05) is 20.7 Å². The second-order valence-corrected chi connectivity index (χ2v) is 5.72. The van der Waals surface area contributed by atoms with Crippen molar-refractivity contribution in [2.24, 2.45) is 0 Å². The highest BCUT2D eigenvalue weighted by Gasteiger charge is 2.08. The highest BCUT2D eigenvalue weighted by Crippen LogP contribution is 2.26. The average Bonchev–Trinajstić information content (AvgIpc) is 2.37. The van der Waals surface area contributed by atoms with E-state index in [2.05, 4.69) is 21.2 Å². The lowest BCUT2D eigenvalue weighted by Crippen LogP contribution is -2.12. The van der Waals surface area contributed by atoms with Gasteiger partial charge in [0.2, 0.25) is 0 Å². The third-order valence-corrected chi connectivity index (χ3v) is 4.24. The van der Waals surface area contributed by atoms with Crippen LogP contribution >= 0.6 is 39.1 Å². The van der Waals surface area contributed by atoms with Crippen LogP contribution in [0.15, 0.2) is 40.9 Å². The summed E-state index contributed by atoms with van der Waals surface area (Å²) in [6, 6.07) is 10.4. The van der Waals surface area contributed by atoms with Crippen LogP contribution in [-0.2, 0) is 0 Å². The molecule has 1 amide bonds. The number of hydrogen-bond acceptors (Lipinski definition) is 1. The predicted octanol–water partition coefficient (Wildman–Crippen LogP) is 5.32. The summed E-state index contributed by atoms with van der Waals surface area (Å²) in [5, 5.41) is 4.04. The smallest absolute Gasteiger partial charge is 0.255 e. The number of aryl methyl sites for hydroxylation is 1. The molecule has 19 heavy (non-hydrogen) atoms. The number of rotatable bonds is 2. The number of amides is 1. The van der Waals surface area contributed by atoms with Crippen LogP contribution in [-0.4, -0.2) is 5.91 Å². The zero-order valence-corrected chi connectivity index (χ0v) is 13.1. The van der Waals surface area contributed by atoms with E-state index in [4.69, 9.17) is 23.2 Å². The minimum Gasteiger partial charge on any atom is -0.322 e. The Morgan fingerprint density at radius 1 is 1.11 bits per heavy atom. The van der Waals surface area contributed by atoms with E-state index in [1.807, 2.05) is 6.92 Å². The van der Waals surface area contributed by atoms with Crippen molar-refractivity contribution in [2.45, 2.75) is 6.92 Å². The predicted molar refractivity (Wildman–Crippen MR) is 83.3 cm³/mol. The molecule has 2 aromatic rings. The van der Waals surface area contributed by atoms with Gasteiger partial charge in [-0.3, -0.25) is 4.79 Å². The SMILES string of the molecule is Cc1cc(C(=O)Nc2ccc(Cl)c(Br)c2)ccc1Cl. The first kappa shape index (κ1) is 14.4. The maximum absolute atomic E-state index is 12.1. The lowest BCUT2D eigenvalue weighted by Gasteiger charge is -2.07. The Labute approximate surface area is 129 Å². The lowest BCUT2D eigenvalue weighted by atomic mass is 10.1. The largest absolute Gasteiger partial charge is 0.322 e. The Hall–Kier alpha value is -1.03. The molecule has 0 heterocycles. The van der Waals surface area contributed by atoms with Crippen LogP contribution in [0.4, 0.5) is 5.69 Å². The summed E-state index contributed by atoms with van der Waals surface area (Å²) in [5.74, 6) is -0.186. The average molecular weight is 359 g/mol. The van der Waals surface area contributed by atoms with Gasteiger partial charge in [-0.1, -0.05) is 23.2 Å². The second kappa shape index (κ2) is 5.95.